The van der Waals surface area contributed by atoms with E-state index in [1.165, 1.54) is 0 Å². The Morgan fingerprint density at radius 1 is 1.56 bits per heavy atom. The zero-order valence-corrected chi connectivity index (χ0v) is 10.2. The van der Waals surface area contributed by atoms with Gasteiger partial charge < -0.3 is 4.90 Å². The summed E-state index contributed by atoms with van der Waals surface area (Å²) in [5.74, 6) is 1.16. The molecule has 5 heteroatoms. The maximum Gasteiger partial charge on any atom is 0.224 e. The summed E-state index contributed by atoms with van der Waals surface area (Å²) in [6, 6.07) is 0. The molecule has 3 nitrogen and oxygen atoms in total. The van der Waals surface area contributed by atoms with E-state index in [1.54, 1.807) is 0 Å². The summed E-state index contributed by atoms with van der Waals surface area (Å²) in [4.78, 5) is 9.52. The topological polar surface area (TPSA) is 29.0 Å². The van der Waals surface area contributed by atoms with E-state index in [4.69, 9.17) is 11.6 Å². The van der Waals surface area contributed by atoms with Gasteiger partial charge in [-0.2, -0.15) is 4.98 Å². The predicted molar refractivity (Wildman–Crippen MR) is 62.2 cm³/mol. The maximum absolute atomic E-state index is 13.5. The fourth-order valence-corrected chi connectivity index (χ4v) is 2.21. The Morgan fingerprint density at radius 2 is 2.31 bits per heavy atom. The summed E-state index contributed by atoms with van der Waals surface area (Å²) in [6.07, 6.45) is 2.21. The lowest BCUT2D eigenvalue weighted by Crippen LogP contribution is -2.23. The predicted octanol–water partition coefficient (Wildman–Crippen LogP) is 2.75. The average Bonchev–Trinajstić information content (AvgIpc) is 2.70. The molecule has 1 aromatic rings. The Kier molecular flexibility index (Phi) is 3.28. The van der Waals surface area contributed by atoms with Gasteiger partial charge in [-0.25, -0.2) is 9.37 Å². The molecule has 16 heavy (non-hydrogen) atoms. The van der Waals surface area contributed by atoms with Gasteiger partial charge in [-0.05, 0) is 29.9 Å². The summed E-state index contributed by atoms with van der Waals surface area (Å²) >= 11 is 5.68. The minimum atomic E-state index is -0.395. The first-order chi connectivity index (χ1) is 7.58. The molecule has 88 valence electrons. The fraction of sp³-hybridized carbons (Fsp3) is 0.636. The third-order valence-electron chi connectivity index (χ3n) is 3.16. The average molecular weight is 244 g/mol. The largest absolute Gasteiger partial charge is 0.354 e. The zero-order chi connectivity index (χ0) is 11.7. The second-order valence-electron chi connectivity index (χ2n) is 4.55. The first-order valence-electron chi connectivity index (χ1n) is 5.51. The lowest BCUT2D eigenvalue weighted by Gasteiger charge is -2.19. The molecule has 0 aliphatic carbocycles. The van der Waals surface area contributed by atoms with Crippen LogP contribution in [0.2, 0.25) is 5.28 Å². The fourth-order valence-electron chi connectivity index (χ4n) is 2.08. The minimum absolute atomic E-state index is 0.101. The smallest absolute Gasteiger partial charge is 0.224 e. The highest BCUT2D eigenvalue weighted by atomic mass is 35.5. The van der Waals surface area contributed by atoms with Crippen LogP contribution in [0.5, 0.6) is 0 Å². The van der Waals surface area contributed by atoms with Gasteiger partial charge in [0.15, 0.2) is 11.6 Å². The van der Waals surface area contributed by atoms with Gasteiger partial charge in [-0.1, -0.05) is 13.8 Å². The normalized spacial score (nSPS) is 20.8. The second-order valence-corrected chi connectivity index (χ2v) is 4.89. The number of anilines is 1. The number of hydrogen-bond acceptors (Lipinski definition) is 3. The molecule has 1 unspecified atom stereocenters. The number of aromatic nitrogens is 2. The lowest BCUT2D eigenvalue weighted by atomic mass is 9.95. The van der Waals surface area contributed by atoms with Crippen molar-refractivity contribution in [1.82, 2.24) is 9.97 Å². The van der Waals surface area contributed by atoms with Gasteiger partial charge in [-0.3, -0.25) is 0 Å². The second kappa shape index (κ2) is 4.53. The van der Waals surface area contributed by atoms with Gasteiger partial charge in [0, 0.05) is 13.1 Å². The molecule has 1 saturated heterocycles. The summed E-state index contributed by atoms with van der Waals surface area (Å²) < 4.78 is 13.5. The van der Waals surface area contributed by atoms with Gasteiger partial charge in [0.1, 0.15) is 0 Å². The molecular weight excluding hydrogens is 229 g/mol. The molecule has 0 spiro atoms. The van der Waals surface area contributed by atoms with Crippen LogP contribution in [0.4, 0.5) is 10.2 Å². The highest BCUT2D eigenvalue weighted by molar-refractivity contribution is 6.28. The Hall–Kier alpha value is -0.900. The number of halogens is 2. The van der Waals surface area contributed by atoms with Crippen LogP contribution in [0.25, 0.3) is 0 Å². The third-order valence-corrected chi connectivity index (χ3v) is 3.35. The van der Waals surface area contributed by atoms with E-state index >= 15 is 0 Å². The van der Waals surface area contributed by atoms with Crippen molar-refractivity contribution in [3.8, 4) is 0 Å². The summed E-state index contributed by atoms with van der Waals surface area (Å²) in [5, 5.41) is 0.101. The van der Waals surface area contributed by atoms with E-state index in [1.807, 2.05) is 4.90 Å². The van der Waals surface area contributed by atoms with Crippen molar-refractivity contribution in [2.45, 2.75) is 20.3 Å². The van der Waals surface area contributed by atoms with E-state index in [0.29, 0.717) is 17.7 Å². The molecule has 2 rings (SSSR count). The molecule has 1 aromatic heterocycles. The van der Waals surface area contributed by atoms with E-state index in [9.17, 15) is 4.39 Å². The molecule has 0 bridgehead atoms. The van der Waals surface area contributed by atoms with Crippen molar-refractivity contribution in [2.75, 3.05) is 18.0 Å². The van der Waals surface area contributed by atoms with Crippen molar-refractivity contribution in [3.05, 3.63) is 17.3 Å². The van der Waals surface area contributed by atoms with Crippen LogP contribution in [-0.2, 0) is 0 Å². The molecule has 0 saturated carbocycles. The van der Waals surface area contributed by atoms with Crippen LogP contribution in [0.1, 0.15) is 20.3 Å². The first kappa shape index (κ1) is 11.6. The van der Waals surface area contributed by atoms with E-state index in [2.05, 4.69) is 23.8 Å². The summed E-state index contributed by atoms with van der Waals surface area (Å²) in [6.45, 7) is 6.07. The van der Waals surface area contributed by atoms with Gasteiger partial charge in [0.05, 0.1) is 6.20 Å². The molecule has 0 radical (unpaired) electrons. The molecule has 1 aliphatic heterocycles. The number of nitrogens with zero attached hydrogens (tertiary/aromatic N) is 3. The highest BCUT2D eigenvalue weighted by Crippen LogP contribution is 2.28. The molecule has 1 aliphatic rings. The van der Waals surface area contributed by atoms with Crippen LogP contribution in [0, 0.1) is 17.7 Å². The highest BCUT2D eigenvalue weighted by Gasteiger charge is 2.27. The molecule has 0 amide bonds. The van der Waals surface area contributed by atoms with Crippen LogP contribution >= 0.6 is 11.6 Å². The Morgan fingerprint density at radius 3 is 2.94 bits per heavy atom. The van der Waals surface area contributed by atoms with Gasteiger partial charge in [-0.15, -0.1) is 0 Å². The molecular formula is C11H15ClFN3. The molecule has 0 aromatic carbocycles. The maximum atomic E-state index is 13.5. The standard InChI is InChI=1S/C11H15ClFN3/c1-7(2)8-3-4-16(6-8)10-9(13)5-14-11(12)15-10/h5,7-8H,3-4,6H2,1-2H3. The van der Waals surface area contributed by atoms with Gasteiger partial charge in [0.25, 0.3) is 0 Å². The summed E-state index contributed by atoms with van der Waals surface area (Å²) in [5.41, 5.74) is 0. The quantitative estimate of drug-likeness (QED) is 0.748. The third kappa shape index (κ3) is 2.26. The van der Waals surface area contributed by atoms with Crippen molar-refractivity contribution in [2.24, 2.45) is 11.8 Å². The van der Waals surface area contributed by atoms with E-state index < -0.39 is 5.82 Å². The molecule has 2 heterocycles. The Bertz CT molecular complexity index is 383. The van der Waals surface area contributed by atoms with Crippen molar-refractivity contribution in [1.29, 1.82) is 0 Å². The molecule has 0 N–H and O–H groups in total. The first-order valence-corrected chi connectivity index (χ1v) is 5.88. The lowest BCUT2D eigenvalue weighted by molar-refractivity contribution is 0.422. The Labute approximate surface area is 99.6 Å². The molecule has 1 atom stereocenters. The van der Waals surface area contributed by atoms with Gasteiger partial charge >= 0.3 is 0 Å². The van der Waals surface area contributed by atoms with Crippen molar-refractivity contribution >= 4 is 17.4 Å². The van der Waals surface area contributed by atoms with Crippen LogP contribution in [-0.4, -0.2) is 23.1 Å². The van der Waals surface area contributed by atoms with E-state index in [-0.39, 0.29) is 5.28 Å². The number of hydrogen-bond donors (Lipinski definition) is 0. The van der Waals surface area contributed by atoms with Crippen LogP contribution in [0.3, 0.4) is 0 Å². The Balaban J connectivity index is 2.17. The SMILES string of the molecule is CC(C)C1CCN(c2nc(Cl)ncc2F)C1. The molecule has 1 fully saturated rings. The van der Waals surface area contributed by atoms with Crippen LogP contribution in [0.15, 0.2) is 6.20 Å². The van der Waals surface area contributed by atoms with Crippen molar-refractivity contribution < 1.29 is 4.39 Å². The number of rotatable bonds is 2. The van der Waals surface area contributed by atoms with Gasteiger partial charge in [0.2, 0.25) is 5.28 Å². The van der Waals surface area contributed by atoms with Crippen molar-refractivity contribution in [3.63, 3.8) is 0 Å². The zero-order valence-electron chi connectivity index (χ0n) is 9.45. The van der Waals surface area contributed by atoms with Crippen LogP contribution < -0.4 is 4.90 Å². The monoisotopic (exact) mass is 243 g/mol. The summed E-state index contributed by atoms with van der Waals surface area (Å²) in [7, 11) is 0. The van der Waals surface area contributed by atoms with E-state index in [0.717, 1.165) is 25.7 Å². The minimum Gasteiger partial charge on any atom is -0.354 e.